The van der Waals surface area contributed by atoms with Gasteiger partial charge in [-0.25, -0.2) is 31.1 Å². The molecule has 4 aromatic rings. The van der Waals surface area contributed by atoms with Crippen LogP contribution in [-0.4, -0.2) is 42.1 Å². The third kappa shape index (κ3) is 15.2. The van der Waals surface area contributed by atoms with Gasteiger partial charge in [-0.1, -0.05) is 60.7 Å². The van der Waals surface area contributed by atoms with Crippen LogP contribution in [0.5, 0.6) is 0 Å². The summed E-state index contributed by atoms with van der Waals surface area (Å²) in [6.45, 7) is 6.34. The van der Waals surface area contributed by atoms with Gasteiger partial charge in [-0.15, -0.1) is 0 Å². The number of aliphatic hydroxyl groups excluding tert-OH is 1. The Labute approximate surface area is 294 Å². The van der Waals surface area contributed by atoms with E-state index < -0.39 is 52.6 Å². The van der Waals surface area contributed by atoms with E-state index in [-0.39, 0.29) is 43.0 Å². The van der Waals surface area contributed by atoms with E-state index in [0.717, 1.165) is 23.3 Å². The zero-order valence-corrected chi connectivity index (χ0v) is 28.8. The summed E-state index contributed by atoms with van der Waals surface area (Å²) in [5.74, 6) is -6.31. The molecule has 0 aromatic heterocycles. The molecule has 0 unspecified atom stereocenters. The molecule has 0 saturated carbocycles. The van der Waals surface area contributed by atoms with Gasteiger partial charge in [0.2, 0.25) is 0 Å². The van der Waals surface area contributed by atoms with E-state index in [4.69, 9.17) is 14.6 Å². The van der Waals surface area contributed by atoms with E-state index in [1.54, 1.807) is 20.8 Å². The lowest BCUT2D eigenvalue weighted by Gasteiger charge is -2.23. The van der Waals surface area contributed by atoms with Crippen LogP contribution in [0.25, 0.3) is 0 Å². The first kappa shape index (κ1) is 41.0. The van der Waals surface area contributed by atoms with Crippen molar-refractivity contribution in [3.63, 3.8) is 0 Å². The Morgan fingerprint density at radius 3 is 1.69 bits per heavy atom. The molecule has 0 heterocycles. The number of hydrogen-bond donors (Lipinski definition) is 3. The van der Waals surface area contributed by atoms with Crippen LogP contribution in [-0.2, 0) is 35.5 Å². The number of halogens is 6. The standard InChI is InChI=1S/C24H24F3NO.C15H20F3NO3/c25-22-15-24(27)23(26)14-20(22)13-21(28-16-18-7-3-1-4-8-18)11-12-29-17-19-9-5-2-6-10-19;1-15(2,3)22-14(21)19-10(4-5-20)6-9-7-12(17)13(18)8-11(9)16/h1-10,14-15,21,28H,11-13,16-17H2;7-8,10,20H,4-6H2,1-3H3,(H,19,21)/t21-;10-/m00/s1. The molecular weight excluding hydrogens is 674 g/mol. The zero-order valence-electron chi connectivity index (χ0n) is 28.8. The summed E-state index contributed by atoms with van der Waals surface area (Å²) < 4.78 is 91.4. The normalized spacial score (nSPS) is 12.4. The highest BCUT2D eigenvalue weighted by molar-refractivity contribution is 5.68. The summed E-state index contributed by atoms with van der Waals surface area (Å²) in [6.07, 6.45) is 0.150. The fourth-order valence-electron chi connectivity index (χ4n) is 4.95. The van der Waals surface area contributed by atoms with E-state index >= 15 is 0 Å². The van der Waals surface area contributed by atoms with Gasteiger partial charge < -0.3 is 25.2 Å². The summed E-state index contributed by atoms with van der Waals surface area (Å²) in [4.78, 5) is 11.7. The van der Waals surface area contributed by atoms with Gasteiger partial charge in [0.15, 0.2) is 23.3 Å². The number of carbonyl (C=O) groups excluding carboxylic acids is 1. The molecule has 0 aliphatic rings. The lowest BCUT2D eigenvalue weighted by Crippen LogP contribution is -2.40. The molecule has 12 heteroatoms. The van der Waals surface area contributed by atoms with Gasteiger partial charge in [0.05, 0.1) is 6.61 Å². The molecule has 0 bridgehead atoms. The molecule has 0 spiro atoms. The third-order valence-electron chi connectivity index (χ3n) is 7.47. The average molecular weight is 719 g/mol. The minimum Gasteiger partial charge on any atom is -0.444 e. The first-order valence-electron chi connectivity index (χ1n) is 16.5. The quantitative estimate of drug-likeness (QED) is 0.0655. The number of aliphatic hydroxyl groups is 1. The van der Waals surface area contributed by atoms with Gasteiger partial charge >= 0.3 is 6.09 Å². The molecule has 4 rings (SSSR count). The van der Waals surface area contributed by atoms with E-state index in [0.29, 0.717) is 38.3 Å². The van der Waals surface area contributed by atoms with Crippen LogP contribution in [0.4, 0.5) is 31.1 Å². The smallest absolute Gasteiger partial charge is 0.407 e. The predicted octanol–water partition coefficient (Wildman–Crippen LogP) is 8.33. The molecule has 6 nitrogen and oxygen atoms in total. The Morgan fingerprint density at radius 2 is 1.18 bits per heavy atom. The number of hydrogen-bond acceptors (Lipinski definition) is 5. The molecule has 0 radical (unpaired) electrons. The molecule has 3 N–H and O–H groups in total. The SMILES string of the molecule is CC(C)(C)OC(=O)N[C@@H](CCO)Cc1cc(F)c(F)cc1F.Fc1cc(F)c(C[C@H](CCOCc2ccccc2)NCc2ccccc2)cc1F. The Balaban J connectivity index is 0.000000287. The van der Waals surface area contributed by atoms with Crippen molar-refractivity contribution in [1.82, 2.24) is 10.6 Å². The van der Waals surface area contributed by atoms with Crippen LogP contribution in [0.15, 0.2) is 84.9 Å². The van der Waals surface area contributed by atoms with Crippen molar-refractivity contribution in [2.45, 2.75) is 77.3 Å². The van der Waals surface area contributed by atoms with Crippen LogP contribution < -0.4 is 10.6 Å². The second-order valence-electron chi connectivity index (χ2n) is 12.9. The van der Waals surface area contributed by atoms with Gasteiger partial charge in [-0.05, 0) is 80.8 Å². The van der Waals surface area contributed by atoms with Gasteiger partial charge in [-0.3, -0.25) is 0 Å². The monoisotopic (exact) mass is 718 g/mol. The molecule has 0 saturated heterocycles. The van der Waals surface area contributed by atoms with E-state index in [9.17, 15) is 31.1 Å². The van der Waals surface area contributed by atoms with E-state index in [1.807, 2.05) is 60.7 Å². The lowest BCUT2D eigenvalue weighted by molar-refractivity contribution is 0.0497. The number of nitrogens with one attached hydrogen (secondary N) is 2. The number of alkyl carbamates (subject to hydrolysis) is 1. The Bertz CT molecular complexity index is 1660. The van der Waals surface area contributed by atoms with Crippen molar-refractivity contribution in [3.8, 4) is 0 Å². The fraction of sp³-hybridized carbons (Fsp3) is 0.359. The predicted molar refractivity (Wildman–Crippen MR) is 183 cm³/mol. The largest absolute Gasteiger partial charge is 0.444 e. The number of carbonyl (C=O) groups is 1. The minimum absolute atomic E-state index is 0.0894. The van der Waals surface area contributed by atoms with Crippen molar-refractivity contribution in [2.75, 3.05) is 13.2 Å². The summed E-state index contributed by atoms with van der Waals surface area (Å²) in [5.41, 5.74) is 1.52. The Kier molecular flexibility index (Phi) is 16.5. The van der Waals surface area contributed by atoms with Gasteiger partial charge in [0, 0.05) is 44.0 Å². The maximum Gasteiger partial charge on any atom is 0.407 e. The van der Waals surface area contributed by atoms with Crippen molar-refractivity contribution >= 4 is 6.09 Å². The number of amides is 1. The molecule has 2 atom stereocenters. The fourth-order valence-corrected chi connectivity index (χ4v) is 4.95. The van der Waals surface area contributed by atoms with Crippen molar-refractivity contribution in [3.05, 3.63) is 142 Å². The van der Waals surface area contributed by atoms with Crippen LogP contribution in [0, 0.1) is 34.9 Å². The maximum atomic E-state index is 14.1. The molecule has 276 valence electrons. The molecule has 0 aliphatic carbocycles. The van der Waals surface area contributed by atoms with Crippen molar-refractivity contribution in [1.29, 1.82) is 0 Å². The van der Waals surface area contributed by atoms with Crippen LogP contribution in [0.1, 0.15) is 55.9 Å². The highest BCUT2D eigenvalue weighted by atomic mass is 19.2. The van der Waals surface area contributed by atoms with E-state index in [1.165, 1.54) is 0 Å². The molecule has 0 fully saturated rings. The number of benzene rings is 4. The summed E-state index contributed by atoms with van der Waals surface area (Å²) in [6, 6.07) is 21.6. The van der Waals surface area contributed by atoms with E-state index in [2.05, 4.69) is 10.6 Å². The molecule has 51 heavy (non-hydrogen) atoms. The first-order valence-corrected chi connectivity index (χ1v) is 16.5. The molecular formula is C39H44F6N2O4. The van der Waals surface area contributed by atoms with Gasteiger partial charge in [-0.2, -0.15) is 0 Å². The second-order valence-corrected chi connectivity index (χ2v) is 12.9. The average Bonchev–Trinajstić information content (AvgIpc) is 3.07. The summed E-state index contributed by atoms with van der Waals surface area (Å²) in [7, 11) is 0. The molecule has 4 aromatic carbocycles. The highest BCUT2D eigenvalue weighted by Crippen LogP contribution is 2.18. The van der Waals surface area contributed by atoms with Gasteiger partial charge in [0.25, 0.3) is 0 Å². The summed E-state index contributed by atoms with van der Waals surface area (Å²) >= 11 is 0. The second kappa shape index (κ2) is 20.5. The number of ether oxygens (including phenoxy) is 2. The Hall–Kier alpha value is -4.39. The molecule has 0 aliphatic heterocycles. The maximum absolute atomic E-state index is 14.1. The highest BCUT2D eigenvalue weighted by Gasteiger charge is 2.21. The Morgan fingerprint density at radius 1 is 0.686 bits per heavy atom. The lowest BCUT2D eigenvalue weighted by atomic mass is 10.0. The van der Waals surface area contributed by atoms with Crippen LogP contribution in [0.2, 0.25) is 0 Å². The zero-order chi connectivity index (χ0) is 37.4. The van der Waals surface area contributed by atoms with Crippen LogP contribution >= 0.6 is 0 Å². The summed E-state index contributed by atoms with van der Waals surface area (Å²) in [5, 5.41) is 14.9. The topological polar surface area (TPSA) is 79.8 Å². The number of rotatable bonds is 15. The van der Waals surface area contributed by atoms with Crippen LogP contribution in [0.3, 0.4) is 0 Å². The van der Waals surface area contributed by atoms with Crippen molar-refractivity contribution < 1.29 is 45.7 Å². The van der Waals surface area contributed by atoms with Gasteiger partial charge in [0.1, 0.15) is 17.2 Å². The first-order chi connectivity index (χ1) is 24.2. The van der Waals surface area contributed by atoms with Crippen molar-refractivity contribution in [2.24, 2.45) is 0 Å². The third-order valence-corrected chi connectivity index (χ3v) is 7.47. The minimum atomic E-state index is -1.28. The molecule has 1 amide bonds.